The minimum absolute atomic E-state index is 0. The third kappa shape index (κ3) is 11.0. The lowest BCUT2D eigenvalue weighted by molar-refractivity contribution is -0.144. The smallest absolute Gasteiger partial charge is 0.312 e. The molecule has 8 nitrogen and oxygen atoms in total. The number of rotatable bonds is 6. The molecule has 9 heteroatoms. The highest BCUT2D eigenvalue weighted by Crippen LogP contribution is 2.31. The Morgan fingerprint density at radius 2 is 1.26 bits per heavy atom. The number of Topliss-reactive ketones (excluding diaryl/α,β-unsaturated/α-hetero) is 2. The summed E-state index contributed by atoms with van der Waals surface area (Å²) in [5.74, 6) is -0.359. The first kappa shape index (κ1) is 32.3. The highest BCUT2D eigenvalue weighted by atomic mass is 35.5. The van der Waals surface area contributed by atoms with Crippen molar-refractivity contribution in [1.82, 2.24) is 4.57 Å². The Bertz CT molecular complexity index is 887. The number of ketones is 2. The average molecular weight is 511 g/mol. The average Bonchev–Trinajstić information content (AvgIpc) is 3.52. The van der Waals surface area contributed by atoms with Crippen molar-refractivity contribution in [3.8, 4) is 0 Å². The third-order valence-electron chi connectivity index (χ3n) is 5.67. The summed E-state index contributed by atoms with van der Waals surface area (Å²) in [6, 6.07) is 4.53. The van der Waals surface area contributed by atoms with Crippen LogP contribution >= 0.6 is 12.4 Å². The van der Waals surface area contributed by atoms with Gasteiger partial charge in [-0.1, -0.05) is 24.3 Å². The number of ether oxygens (including phenoxy) is 2. The van der Waals surface area contributed by atoms with Crippen molar-refractivity contribution in [2.24, 2.45) is 17.6 Å². The summed E-state index contributed by atoms with van der Waals surface area (Å²) in [7, 11) is 2.83. The molecular weight excluding hydrogens is 472 g/mol. The number of hydrogen-bond acceptors (Lipinski definition) is 7. The number of hydrogen-bond donors (Lipinski definition) is 1. The molecule has 196 valence electrons. The molecule has 1 heterocycles. The molecule has 3 rings (SSSR count). The number of carbonyl (C=O) groups excluding carboxylic acids is 4. The van der Waals surface area contributed by atoms with Gasteiger partial charge in [0, 0.05) is 30.3 Å². The lowest BCUT2D eigenvalue weighted by Crippen LogP contribution is -2.19. The molecule has 2 N–H and O–H groups in total. The van der Waals surface area contributed by atoms with E-state index in [0.717, 1.165) is 6.42 Å². The van der Waals surface area contributed by atoms with Gasteiger partial charge in [-0.2, -0.15) is 0 Å². The molecule has 0 fully saturated rings. The van der Waals surface area contributed by atoms with E-state index in [0.29, 0.717) is 25.3 Å². The number of esters is 2. The fraction of sp³-hybridized carbons (Fsp3) is 0.538. The van der Waals surface area contributed by atoms with E-state index in [1.807, 2.05) is 12.2 Å². The Hall–Kier alpha value is -2.71. The van der Waals surface area contributed by atoms with Crippen molar-refractivity contribution < 1.29 is 28.7 Å². The van der Waals surface area contributed by atoms with Crippen LogP contribution in [-0.2, 0) is 28.7 Å². The van der Waals surface area contributed by atoms with Gasteiger partial charge in [-0.05, 0) is 52.7 Å². The first-order valence-electron chi connectivity index (χ1n) is 11.4. The molecule has 4 atom stereocenters. The van der Waals surface area contributed by atoms with E-state index in [4.69, 9.17) is 10.5 Å². The van der Waals surface area contributed by atoms with Crippen LogP contribution in [0, 0.1) is 25.7 Å². The fourth-order valence-corrected chi connectivity index (χ4v) is 3.81. The molecule has 0 unspecified atom stereocenters. The Balaban J connectivity index is 0.000000528. The zero-order chi connectivity index (χ0) is 25.8. The molecule has 0 spiro atoms. The second-order valence-corrected chi connectivity index (χ2v) is 8.62. The molecule has 0 aliphatic heterocycles. The lowest BCUT2D eigenvalue weighted by Gasteiger charge is -2.17. The van der Waals surface area contributed by atoms with Gasteiger partial charge in [0.2, 0.25) is 0 Å². The highest BCUT2D eigenvalue weighted by Gasteiger charge is 2.27. The maximum Gasteiger partial charge on any atom is 0.312 e. The van der Waals surface area contributed by atoms with Crippen LogP contribution in [0.4, 0.5) is 0 Å². The van der Waals surface area contributed by atoms with Gasteiger partial charge in [-0.25, -0.2) is 0 Å². The summed E-state index contributed by atoms with van der Waals surface area (Å²) in [5.41, 5.74) is 7.99. The number of aryl methyl sites for hydroxylation is 2. The van der Waals surface area contributed by atoms with Gasteiger partial charge in [0.1, 0.15) is 11.6 Å². The predicted molar refractivity (Wildman–Crippen MR) is 137 cm³/mol. The molecule has 0 aromatic carbocycles. The number of nitrogens with zero attached hydrogens (tertiary/aromatic N) is 1. The van der Waals surface area contributed by atoms with Crippen LogP contribution in [0.3, 0.4) is 0 Å². The van der Waals surface area contributed by atoms with E-state index in [-0.39, 0.29) is 53.8 Å². The molecule has 0 saturated heterocycles. The van der Waals surface area contributed by atoms with Crippen molar-refractivity contribution >= 4 is 35.9 Å². The van der Waals surface area contributed by atoms with Crippen molar-refractivity contribution in [3.63, 3.8) is 0 Å². The standard InChI is InChI=1S/C13H17NO2.C7H11NO2.C6H10O2.ClH/c1-9-4-5-10(2)14(9)12-7-6-11(8-12)13(15)16-3;1-10-7(9)5-2-3-6(8)4-5;1-5(7)3-4-6(2)8;/h4-7,11-12H,8H2,1-3H3;2-3,5-6H,4,8H2,1H3;3-4H2,1-2H3;1H/t11-,12+;5-,6+;;/m00../s1. The summed E-state index contributed by atoms with van der Waals surface area (Å²) in [6.45, 7) is 7.16. The predicted octanol–water partition coefficient (Wildman–Crippen LogP) is 3.82. The monoisotopic (exact) mass is 510 g/mol. The van der Waals surface area contributed by atoms with Crippen molar-refractivity contribution in [2.75, 3.05) is 14.2 Å². The van der Waals surface area contributed by atoms with E-state index in [1.165, 1.54) is 39.5 Å². The second kappa shape index (κ2) is 16.1. The van der Waals surface area contributed by atoms with E-state index < -0.39 is 0 Å². The number of carbonyl (C=O) groups is 4. The van der Waals surface area contributed by atoms with E-state index >= 15 is 0 Å². The zero-order valence-electron chi connectivity index (χ0n) is 21.5. The van der Waals surface area contributed by atoms with Crippen LogP contribution in [0.5, 0.6) is 0 Å². The SMILES string of the molecule is CC(=O)CCC(C)=O.COC(=O)[C@H]1C=C[C@@H](N)C1.COC(=O)[C@H]1C=C[C@@H](n2c(C)ccc2C)C1.Cl. The number of allylic oxidation sites excluding steroid dienone is 1. The number of methoxy groups -OCH3 is 2. The zero-order valence-corrected chi connectivity index (χ0v) is 22.3. The summed E-state index contributed by atoms with van der Waals surface area (Å²) >= 11 is 0. The van der Waals surface area contributed by atoms with Crippen LogP contribution in [-0.4, -0.2) is 48.3 Å². The molecule has 0 amide bonds. The second-order valence-electron chi connectivity index (χ2n) is 8.62. The van der Waals surface area contributed by atoms with Gasteiger partial charge in [0.15, 0.2) is 0 Å². The molecule has 1 aromatic rings. The molecule has 35 heavy (non-hydrogen) atoms. The molecule has 2 aliphatic rings. The Kier molecular flexibility index (Phi) is 14.8. The third-order valence-corrected chi connectivity index (χ3v) is 5.67. The summed E-state index contributed by atoms with van der Waals surface area (Å²) in [4.78, 5) is 42.6. The summed E-state index contributed by atoms with van der Waals surface area (Å²) in [6.07, 6.45) is 9.98. The number of nitrogens with two attached hydrogens (primary N) is 1. The van der Waals surface area contributed by atoms with Crippen molar-refractivity contribution in [1.29, 1.82) is 0 Å². The molecule has 0 radical (unpaired) electrons. The topological polar surface area (TPSA) is 118 Å². The lowest BCUT2D eigenvalue weighted by atomic mass is 10.1. The van der Waals surface area contributed by atoms with Crippen LogP contribution in [0.1, 0.15) is 57.0 Å². The van der Waals surface area contributed by atoms with Crippen LogP contribution in [0.15, 0.2) is 36.4 Å². The Morgan fingerprint density at radius 3 is 1.63 bits per heavy atom. The number of halogens is 1. The molecule has 1 aromatic heterocycles. The van der Waals surface area contributed by atoms with Gasteiger partial charge in [-0.3, -0.25) is 9.59 Å². The number of aromatic nitrogens is 1. The van der Waals surface area contributed by atoms with Gasteiger partial charge >= 0.3 is 11.9 Å². The molecule has 0 saturated carbocycles. The van der Waals surface area contributed by atoms with Gasteiger partial charge in [-0.15, -0.1) is 12.4 Å². The quantitative estimate of drug-likeness (QED) is 0.456. The van der Waals surface area contributed by atoms with Gasteiger partial charge < -0.3 is 29.4 Å². The summed E-state index contributed by atoms with van der Waals surface area (Å²) in [5, 5.41) is 0. The molecular formula is C26H39ClN2O6. The van der Waals surface area contributed by atoms with Crippen LogP contribution < -0.4 is 5.73 Å². The van der Waals surface area contributed by atoms with Crippen molar-refractivity contribution in [3.05, 3.63) is 47.8 Å². The highest BCUT2D eigenvalue weighted by molar-refractivity contribution is 5.85. The first-order valence-corrected chi connectivity index (χ1v) is 11.4. The van der Waals surface area contributed by atoms with E-state index in [1.54, 1.807) is 6.08 Å². The minimum atomic E-state index is -0.191. The van der Waals surface area contributed by atoms with Crippen molar-refractivity contribution in [2.45, 2.75) is 65.5 Å². The van der Waals surface area contributed by atoms with Crippen LogP contribution in [0.2, 0.25) is 0 Å². The molecule has 0 bridgehead atoms. The van der Waals surface area contributed by atoms with E-state index in [9.17, 15) is 19.2 Å². The summed E-state index contributed by atoms with van der Waals surface area (Å²) < 4.78 is 11.6. The fourth-order valence-electron chi connectivity index (χ4n) is 3.81. The maximum absolute atomic E-state index is 11.4. The largest absolute Gasteiger partial charge is 0.469 e. The van der Waals surface area contributed by atoms with Crippen LogP contribution in [0.25, 0.3) is 0 Å². The van der Waals surface area contributed by atoms with E-state index in [2.05, 4.69) is 41.4 Å². The van der Waals surface area contributed by atoms with Gasteiger partial charge in [0.05, 0.1) is 32.1 Å². The normalized spacial score (nSPS) is 21.6. The Morgan fingerprint density at radius 1 is 0.829 bits per heavy atom. The first-order chi connectivity index (χ1) is 16.0. The molecule has 2 aliphatic carbocycles. The van der Waals surface area contributed by atoms with Gasteiger partial charge in [0.25, 0.3) is 0 Å². The maximum atomic E-state index is 11.4. The minimum Gasteiger partial charge on any atom is -0.469 e. The Labute approximate surface area is 214 Å².